The minimum Gasteiger partial charge on any atom is -0.492 e. The molecule has 0 aliphatic carbocycles. The van der Waals surface area contributed by atoms with E-state index >= 15 is 0 Å². The summed E-state index contributed by atoms with van der Waals surface area (Å²) in [6, 6.07) is 0.0540. The number of nitrogens with one attached hydrogen (secondary N) is 1. The van der Waals surface area contributed by atoms with Crippen molar-refractivity contribution in [3.05, 3.63) is 12.0 Å². The molecular formula is C14H22INO6. The lowest BCUT2D eigenvalue weighted by Gasteiger charge is -2.33. The van der Waals surface area contributed by atoms with Crippen molar-refractivity contribution in [1.29, 1.82) is 0 Å². The fraction of sp³-hybridized carbons (Fsp3) is 0.786. The second-order valence-corrected chi connectivity index (χ2v) is 7.19. The molecule has 0 aromatic carbocycles. The first-order valence-corrected chi connectivity index (χ1v) is 8.64. The van der Waals surface area contributed by atoms with Gasteiger partial charge in [0, 0.05) is 10.3 Å². The maximum Gasteiger partial charge on any atom is 0.336 e. The molecule has 0 bridgehead atoms. The number of likely N-dealkylation sites (N-methyl/N-ethyl adjacent to an activating group) is 1. The number of alkyl halides is 1. The number of hydrogen-bond donors (Lipinski definition) is 3. The number of aliphatic hydroxyl groups excluding tert-OH is 1. The number of carbonyl (C=O) groups is 1. The van der Waals surface area contributed by atoms with Gasteiger partial charge in [-0.2, -0.15) is 0 Å². The Balaban J connectivity index is 2.02. The largest absolute Gasteiger partial charge is 0.492 e. The molecule has 0 aromatic rings. The predicted molar refractivity (Wildman–Crippen MR) is 86.8 cm³/mol. The van der Waals surface area contributed by atoms with E-state index in [9.17, 15) is 9.90 Å². The minimum absolute atomic E-state index is 0.0143. The smallest absolute Gasteiger partial charge is 0.336 e. The third-order valence-corrected chi connectivity index (χ3v) is 4.50. The van der Waals surface area contributed by atoms with Crippen LogP contribution in [0.15, 0.2) is 12.0 Å². The van der Waals surface area contributed by atoms with E-state index < -0.39 is 24.3 Å². The molecular weight excluding hydrogens is 405 g/mol. The fourth-order valence-electron chi connectivity index (χ4n) is 2.57. The Morgan fingerprint density at radius 3 is 2.95 bits per heavy atom. The zero-order valence-electron chi connectivity index (χ0n) is 12.4. The summed E-state index contributed by atoms with van der Waals surface area (Å²) >= 11 is 2.34. The lowest BCUT2D eigenvalue weighted by atomic mass is 10.0. The average molecular weight is 427 g/mol. The highest BCUT2D eigenvalue weighted by Crippen LogP contribution is 2.25. The van der Waals surface area contributed by atoms with Crippen molar-refractivity contribution in [2.75, 3.05) is 19.8 Å². The van der Waals surface area contributed by atoms with Gasteiger partial charge in [0.15, 0.2) is 6.10 Å². The number of carboxylic acid groups (broad SMARTS) is 1. The van der Waals surface area contributed by atoms with Crippen LogP contribution in [-0.4, -0.2) is 64.2 Å². The topological polar surface area (TPSA) is 97.3 Å². The summed E-state index contributed by atoms with van der Waals surface area (Å²) < 4.78 is 16.8. The predicted octanol–water partition coefficient (Wildman–Crippen LogP) is 0.649. The van der Waals surface area contributed by atoms with E-state index in [-0.39, 0.29) is 19.1 Å². The van der Waals surface area contributed by atoms with E-state index in [2.05, 4.69) is 27.9 Å². The van der Waals surface area contributed by atoms with Crippen LogP contribution in [-0.2, 0) is 19.0 Å². The van der Waals surface area contributed by atoms with Gasteiger partial charge in [-0.1, -0.05) is 29.5 Å². The summed E-state index contributed by atoms with van der Waals surface area (Å²) in [6.07, 6.45) is 0.111. The first kappa shape index (κ1) is 17.8. The second kappa shape index (κ2) is 8.32. The lowest BCUT2D eigenvalue weighted by Crippen LogP contribution is -2.46. The number of hydrogen-bond acceptors (Lipinski definition) is 6. The molecule has 8 heteroatoms. The molecule has 3 N–H and O–H groups in total. The summed E-state index contributed by atoms with van der Waals surface area (Å²) in [4.78, 5) is 11.2. The molecule has 2 unspecified atom stereocenters. The summed E-state index contributed by atoms with van der Waals surface area (Å²) in [5.41, 5.74) is 0. The highest BCUT2D eigenvalue weighted by Gasteiger charge is 2.37. The van der Waals surface area contributed by atoms with Crippen molar-refractivity contribution in [1.82, 2.24) is 5.32 Å². The normalized spacial score (nSPS) is 37.6. The van der Waals surface area contributed by atoms with Crippen LogP contribution in [0.4, 0.5) is 0 Å². The molecule has 2 aliphatic rings. The van der Waals surface area contributed by atoms with E-state index in [0.717, 1.165) is 13.0 Å². The second-order valence-electron chi connectivity index (χ2n) is 5.43. The van der Waals surface area contributed by atoms with Crippen LogP contribution in [0.25, 0.3) is 0 Å². The van der Waals surface area contributed by atoms with Gasteiger partial charge in [-0.15, -0.1) is 0 Å². The molecule has 0 spiro atoms. The minimum atomic E-state index is -1.09. The number of ether oxygens (including phenoxy) is 3. The first-order valence-electron chi connectivity index (χ1n) is 7.39. The number of aliphatic carboxylic acids is 1. The molecule has 5 atom stereocenters. The third-order valence-electron chi connectivity index (χ3n) is 3.63. The number of carboxylic acids is 1. The van der Waals surface area contributed by atoms with Crippen molar-refractivity contribution in [3.63, 3.8) is 0 Å². The van der Waals surface area contributed by atoms with Crippen molar-refractivity contribution in [3.8, 4) is 0 Å². The van der Waals surface area contributed by atoms with E-state index in [1.165, 1.54) is 6.26 Å². The van der Waals surface area contributed by atoms with Crippen LogP contribution in [0.2, 0.25) is 0 Å². The third kappa shape index (κ3) is 4.71. The standard InChI is InChI=1S/C14H22INO6/c1-2-16-10-3-8(15)5-20-12(10)7-21-11-4-9(17)6-22-13(11)14(18)19/h7-11,13,16-17H,2-6H2,1H3,(H,18,19)/b12-7-/t8?,9-,10?,11+,13-/m1/s1. The zero-order valence-corrected chi connectivity index (χ0v) is 14.6. The molecule has 126 valence electrons. The molecule has 0 saturated carbocycles. The number of rotatable bonds is 5. The van der Waals surface area contributed by atoms with Crippen molar-refractivity contribution >= 4 is 28.6 Å². The van der Waals surface area contributed by atoms with Gasteiger partial charge >= 0.3 is 5.97 Å². The van der Waals surface area contributed by atoms with Gasteiger partial charge in [0.2, 0.25) is 0 Å². The van der Waals surface area contributed by atoms with Gasteiger partial charge in [0.05, 0.1) is 25.4 Å². The van der Waals surface area contributed by atoms with Crippen LogP contribution >= 0.6 is 22.6 Å². The van der Waals surface area contributed by atoms with Crippen molar-refractivity contribution in [2.24, 2.45) is 0 Å². The Morgan fingerprint density at radius 2 is 2.27 bits per heavy atom. The average Bonchev–Trinajstić information content (AvgIpc) is 2.46. The van der Waals surface area contributed by atoms with Gasteiger partial charge in [-0.05, 0) is 13.0 Å². The Labute approximate surface area is 143 Å². The van der Waals surface area contributed by atoms with Gasteiger partial charge in [-0.3, -0.25) is 0 Å². The molecule has 2 aliphatic heterocycles. The van der Waals surface area contributed by atoms with E-state index in [4.69, 9.17) is 19.3 Å². The molecule has 0 radical (unpaired) electrons. The monoisotopic (exact) mass is 427 g/mol. The molecule has 7 nitrogen and oxygen atoms in total. The number of halogens is 1. The fourth-order valence-corrected chi connectivity index (χ4v) is 3.26. The van der Waals surface area contributed by atoms with Crippen LogP contribution in [0, 0.1) is 0 Å². The van der Waals surface area contributed by atoms with Gasteiger partial charge in [0.1, 0.15) is 18.1 Å². The Hall–Kier alpha value is -0.580. The summed E-state index contributed by atoms with van der Waals surface area (Å²) in [5.74, 6) is -0.422. The van der Waals surface area contributed by atoms with Gasteiger partial charge in [0.25, 0.3) is 0 Å². The highest BCUT2D eigenvalue weighted by molar-refractivity contribution is 14.1. The zero-order chi connectivity index (χ0) is 16.1. The maximum absolute atomic E-state index is 11.2. The van der Waals surface area contributed by atoms with Gasteiger partial charge in [-0.25, -0.2) is 4.79 Å². The lowest BCUT2D eigenvalue weighted by molar-refractivity contribution is -0.174. The molecule has 2 heterocycles. The van der Waals surface area contributed by atoms with E-state index in [0.29, 0.717) is 16.3 Å². The van der Waals surface area contributed by atoms with E-state index in [1.807, 2.05) is 6.92 Å². The van der Waals surface area contributed by atoms with Crippen molar-refractivity contribution in [2.45, 2.75) is 48.0 Å². The van der Waals surface area contributed by atoms with Crippen LogP contribution in [0.1, 0.15) is 19.8 Å². The molecule has 0 amide bonds. The maximum atomic E-state index is 11.2. The van der Waals surface area contributed by atoms with Crippen LogP contribution < -0.4 is 5.32 Å². The summed E-state index contributed by atoms with van der Waals surface area (Å²) in [5, 5.41) is 22.1. The summed E-state index contributed by atoms with van der Waals surface area (Å²) in [6.45, 7) is 3.43. The Morgan fingerprint density at radius 1 is 1.50 bits per heavy atom. The van der Waals surface area contributed by atoms with E-state index in [1.54, 1.807) is 0 Å². The summed E-state index contributed by atoms with van der Waals surface area (Å²) in [7, 11) is 0. The quantitative estimate of drug-likeness (QED) is 0.337. The highest BCUT2D eigenvalue weighted by atomic mass is 127. The molecule has 22 heavy (non-hydrogen) atoms. The van der Waals surface area contributed by atoms with Crippen LogP contribution in [0.5, 0.6) is 0 Å². The first-order chi connectivity index (χ1) is 10.5. The Bertz CT molecular complexity index is 418. The molecule has 0 aromatic heterocycles. The molecule has 2 fully saturated rings. The number of aliphatic hydroxyl groups is 1. The molecule has 2 rings (SSSR count). The SMILES string of the molecule is CCNC1CC(I)CO/C1=C\O[C@H]1C[C@@H](O)CO[C@H]1C(=O)O. The van der Waals surface area contributed by atoms with Gasteiger partial charge < -0.3 is 29.7 Å². The molecule has 2 saturated heterocycles. The van der Waals surface area contributed by atoms with Crippen LogP contribution in [0.3, 0.4) is 0 Å². The Kier molecular flexibility index (Phi) is 6.72. The van der Waals surface area contributed by atoms with Crippen molar-refractivity contribution < 1.29 is 29.2 Å².